The number of carbonyl (C=O) groups is 5. The molecule has 0 aliphatic rings. The number of rotatable bonds is 11. The van der Waals surface area contributed by atoms with E-state index in [0.29, 0.717) is 5.69 Å². The number of anilines is 1. The summed E-state index contributed by atoms with van der Waals surface area (Å²) in [6.45, 7) is -0.00130. The molecule has 1 aromatic carbocycles. The van der Waals surface area contributed by atoms with Crippen molar-refractivity contribution in [2.45, 2.75) is 13.5 Å². The summed E-state index contributed by atoms with van der Waals surface area (Å²) in [5.74, 6) is -2.74. The van der Waals surface area contributed by atoms with Gasteiger partial charge in [0.1, 0.15) is 19.8 Å². The van der Waals surface area contributed by atoms with Crippen molar-refractivity contribution in [3.8, 4) is 0 Å². The van der Waals surface area contributed by atoms with Gasteiger partial charge in [0.25, 0.3) is 0 Å². The quantitative estimate of drug-likeness (QED) is 0.329. The molecular formula is C17H22N4O7. The minimum atomic E-state index is -0.712. The van der Waals surface area contributed by atoms with Crippen molar-refractivity contribution in [2.75, 3.05) is 31.6 Å². The fourth-order valence-corrected chi connectivity index (χ4v) is 1.79. The third kappa shape index (κ3) is 10.5. The van der Waals surface area contributed by atoms with Crippen LogP contribution in [0.4, 0.5) is 5.69 Å². The van der Waals surface area contributed by atoms with Gasteiger partial charge in [0.15, 0.2) is 0 Å². The highest BCUT2D eigenvalue weighted by atomic mass is 16.5. The summed E-state index contributed by atoms with van der Waals surface area (Å²) >= 11 is 0. The van der Waals surface area contributed by atoms with Crippen LogP contribution in [0.2, 0.25) is 0 Å². The second kappa shape index (κ2) is 12.0. The number of esters is 1. The van der Waals surface area contributed by atoms with Crippen LogP contribution in [0, 0.1) is 0 Å². The van der Waals surface area contributed by atoms with E-state index in [0.717, 1.165) is 5.56 Å². The van der Waals surface area contributed by atoms with E-state index in [-0.39, 0.29) is 25.7 Å². The first-order valence-corrected chi connectivity index (χ1v) is 8.18. The van der Waals surface area contributed by atoms with Gasteiger partial charge in [-0.25, -0.2) is 0 Å². The Balaban J connectivity index is 2.24. The summed E-state index contributed by atoms with van der Waals surface area (Å²) in [5.41, 5.74) is 6.11. The van der Waals surface area contributed by atoms with E-state index in [1.54, 1.807) is 24.3 Å². The minimum absolute atomic E-state index is 0.138. The van der Waals surface area contributed by atoms with Gasteiger partial charge in [-0.15, -0.1) is 0 Å². The highest BCUT2D eigenvalue weighted by Crippen LogP contribution is 2.10. The molecule has 0 aliphatic heterocycles. The van der Waals surface area contributed by atoms with Crippen LogP contribution >= 0.6 is 0 Å². The molecule has 152 valence electrons. The molecule has 11 nitrogen and oxygen atoms in total. The average molecular weight is 394 g/mol. The molecule has 0 bridgehead atoms. The molecule has 4 amide bonds. The summed E-state index contributed by atoms with van der Waals surface area (Å²) < 4.78 is 9.54. The summed E-state index contributed by atoms with van der Waals surface area (Å²) in [6.07, 6.45) is 0. The number of hydrogen-bond acceptors (Lipinski definition) is 7. The van der Waals surface area contributed by atoms with E-state index in [2.05, 4.69) is 20.7 Å². The van der Waals surface area contributed by atoms with Gasteiger partial charge in [0.2, 0.25) is 23.6 Å². The van der Waals surface area contributed by atoms with Crippen LogP contribution in [0.5, 0.6) is 0 Å². The first-order valence-electron chi connectivity index (χ1n) is 8.18. The van der Waals surface area contributed by atoms with Crippen molar-refractivity contribution >= 4 is 35.3 Å². The van der Waals surface area contributed by atoms with Crippen molar-refractivity contribution in [1.82, 2.24) is 10.6 Å². The summed E-state index contributed by atoms with van der Waals surface area (Å²) in [4.78, 5) is 55.9. The van der Waals surface area contributed by atoms with Crippen molar-refractivity contribution < 1.29 is 33.4 Å². The van der Waals surface area contributed by atoms with Crippen molar-refractivity contribution in [2.24, 2.45) is 5.73 Å². The fourth-order valence-electron chi connectivity index (χ4n) is 1.79. The van der Waals surface area contributed by atoms with E-state index < -0.39 is 36.8 Å². The zero-order valence-corrected chi connectivity index (χ0v) is 15.3. The predicted molar refractivity (Wildman–Crippen MR) is 96.6 cm³/mol. The SMILES string of the molecule is CC(=O)OCc1ccc(NC(=O)CNC(=O)CNC(=O)COCC(N)=O)cc1. The molecule has 11 heteroatoms. The second-order valence-electron chi connectivity index (χ2n) is 5.54. The zero-order valence-electron chi connectivity index (χ0n) is 15.3. The molecule has 28 heavy (non-hydrogen) atoms. The number of amides is 4. The summed E-state index contributed by atoms with van der Waals surface area (Å²) in [7, 11) is 0. The van der Waals surface area contributed by atoms with E-state index in [9.17, 15) is 24.0 Å². The van der Waals surface area contributed by atoms with Crippen molar-refractivity contribution in [3.63, 3.8) is 0 Å². The molecule has 0 spiro atoms. The lowest BCUT2D eigenvalue weighted by Gasteiger charge is -2.09. The van der Waals surface area contributed by atoms with Crippen LogP contribution in [0.3, 0.4) is 0 Å². The Labute approximate surface area is 160 Å². The lowest BCUT2D eigenvalue weighted by atomic mass is 10.2. The Bertz CT molecular complexity index is 719. The van der Waals surface area contributed by atoms with Crippen LogP contribution in [-0.2, 0) is 40.1 Å². The van der Waals surface area contributed by atoms with Crippen LogP contribution in [0.1, 0.15) is 12.5 Å². The van der Waals surface area contributed by atoms with Crippen molar-refractivity contribution in [1.29, 1.82) is 0 Å². The standard InChI is InChI=1S/C17H22N4O7/c1-11(22)28-8-12-2-4-13(5-3-12)21-16(25)7-19-15(24)6-20-17(26)10-27-9-14(18)23/h2-5H,6-10H2,1H3,(H2,18,23)(H,19,24)(H,20,26)(H,21,25). The molecule has 0 unspecified atom stereocenters. The summed E-state index contributed by atoms with van der Waals surface area (Å²) in [5, 5.41) is 7.18. The molecule has 5 N–H and O–H groups in total. The predicted octanol–water partition coefficient (Wildman–Crippen LogP) is -1.58. The smallest absolute Gasteiger partial charge is 0.302 e. The monoisotopic (exact) mass is 394 g/mol. The first kappa shape index (κ1) is 22.6. The van der Waals surface area contributed by atoms with Crippen LogP contribution in [0.15, 0.2) is 24.3 Å². The molecule has 0 aliphatic carbocycles. The molecule has 0 aromatic heterocycles. The number of nitrogens with one attached hydrogen (secondary N) is 3. The topological polar surface area (TPSA) is 166 Å². The van der Waals surface area contributed by atoms with Crippen LogP contribution in [-0.4, -0.2) is 55.9 Å². The van der Waals surface area contributed by atoms with Gasteiger partial charge < -0.3 is 31.2 Å². The molecule has 1 aromatic rings. The molecule has 1 rings (SSSR count). The van der Waals surface area contributed by atoms with E-state index in [4.69, 9.17) is 10.5 Å². The van der Waals surface area contributed by atoms with Gasteiger partial charge in [-0.2, -0.15) is 0 Å². The van der Waals surface area contributed by atoms with Gasteiger partial charge in [0, 0.05) is 12.6 Å². The average Bonchev–Trinajstić information content (AvgIpc) is 2.63. The molecular weight excluding hydrogens is 372 g/mol. The molecule has 0 radical (unpaired) electrons. The Kier molecular flexibility index (Phi) is 9.68. The maximum atomic E-state index is 11.8. The largest absolute Gasteiger partial charge is 0.461 e. The van der Waals surface area contributed by atoms with Gasteiger partial charge in [0.05, 0.1) is 13.1 Å². The fraction of sp³-hybridized carbons (Fsp3) is 0.353. The molecule has 0 saturated carbocycles. The second-order valence-corrected chi connectivity index (χ2v) is 5.54. The van der Waals surface area contributed by atoms with Gasteiger partial charge >= 0.3 is 5.97 Å². The third-order valence-corrected chi connectivity index (χ3v) is 3.05. The number of benzene rings is 1. The number of carbonyl (C=O) groups excluding carboxylic acids is 5. The lowest BCUT2D eigenvalue weighted by Crippen LogP contribution is -2.41. The normalized spacial score (nSPS) is 9.89. The number of ether oxygens (including phenoxy) is 2. The molecule has 0 heterocycles. The molecule has 0 saturated heterocycles. The zero-order chi connectivity index (χ0) is 20.9. The Morgan fingerprint density at radius 3 is 2.11 bits per heavy atom. The van der Waals surface area contributed by atoms with Gasteiger partial charge in [-0.3, -0.25) is 24.0 Å². The Hall–Kier alpha value is -3.47. The van der Waals surface area contributed by atoms with E-state index in [1.165, 1.54) is 6.92 Å². The maximum absolute atomic E-state index is 11.8. The van der Waals surface area contributed by atoms with Crippen LogP contribution < -0.4 is 21.7 Å². The Morgan fingerprint density at radius 2 is 1.50 bits per heavy atom. The minimum Gasteiger partial charge on any atom is -0.461 e. The summed E-state index contributed by atoms with van der Waals surface area (Å²) in [6, 6.07) is 6.63. The third-order valence-electron chi connectivity index (χ3n) is 3.05. The first-order chi connectivity index (χ1) is 13.3. The maximum Gasteiger partial charge on any atom is 0.302 e. The highest BCUT2D eigenvalue weighted by molar-refractivity contribution is 5.95. The molecule has 0 atom stereocenters. The number of nitrogens with two attached hydrogens (primary N) is 1. The highest BCUT2D eigenvalue weighted by Gasteiger charge is 2.09. The van der Waals surface area contributed by atoms with E-state index in [1.807, 2.05) is 0 Å². The molecule has 0 fully saturated rings. The number of primary amides is 1. The van der Waals surface area contributed by atoms with Gasteiger partial charge in [-0.1, -0.05) is 12.1 Å². The lowest BCUT2D eigenvalue weighted by molar-refractivity contribution is -0.142. The van der Waals surface area contributed by atoms with Gasteiger partial charge in [-0.05, 0) is 17.7 Å². The van der Waals surface area contributed by atoms with Crippen LogP contribution in [0.25, 0.3) is 0 Å². The van der Waals surface area contributed by atoms with E-state index >= 15 is 0 Å². The van der Waals surface area contributed by atoms with Crippen molar-refractivity contribution in [3.05, 3.63) is 29.8 Å². The Morgan fingerprint density at radius 1 is 0.893 bits per heavy atom. The number of hydrogen-bond donors (Lipinski definition) is 4.